The Kier molecular flexibility index (Phi) is 3.78. The Morgan fingerprint density at radius 3 is 2.84 bits per heavy atom. The van der Waals surface area contributed by atoms with E-state index < -0.39 is 5.92 Å². The van der Waals surface area contributed by atoms with Gasteiger partial charge in [0.2, 0.25) is 5.91 Å². The number of pyridine rings is 1. The first kappa shape index (κ1) is 15.1. The number of hydrogen-bond acceptors (Lipinski definition) is 4. The first-order valence-electron chi connectivity index (χ1n) is 7.94. The van der Waals surface area contributed by atoms with Gasteiger partial charge in [-0.3, -0.25) is 9.36 Å². The number of anilines is 1. The van der Waals surface area contributed by atoms with E-state index in [1.165, 1.54) is 0 Å². The molecule has 0 unspecified atom stereocenters. The number of rotatable bonds is 4. The molecule has 25 heavy (non-hydrogen) atoms. The summed E-state index contributed by atoms with van der Waals surface area (Å²) in [5.74, 6) is 0.833. The van der Waals surface area contributed by atoms with Crippen molar-refractivity contribution in [1.29, 1.82) is 0 Å². The molecule has 1 N–H and O–H groups in total. The van der Waals surface area contributed by atoms with Gasteiger partial charge in [0, 0.05) is 17.8 Å². The van der Waals surface area contributed by atoms with Gasteiger partial charge < -0.3 is 9.73 Å². The molecule has 6 heteroatoms. The van der Waals surface area contributed by atoms with Gasteiger partial charge in [-0.05, 0) is 31.2 Å². The number of aromatic nitrogens is 3. The topological polar surface area (TPSA) is 73.0 Å². The van der Waals surface area contributed by atoms with Crippen molar-refractivity contribution in [1.82, 2.24) is 14.5 Å². The van der Waals surface area contributed by atoms with Crippen LogP contribution in [0, 0.1) is 0 Å². The van der Waals surface area contributed by atoms with E-state index in [1.807, 2.05) is 55.6 Å². The summed E-state index contributed by atoms with van der Waals surface area (Å²) in [5, 5.41) is 3.86. The molecule has 1 atom stereocenters. The lowest BCUT2D eigenvalue weighted by Gasteiger charge is -2.10. The van der Waals surface area contributed by atoms with E-state index >= 15 is 0 Å². The van der Waals surface area contributed by atoms with Crippen LogP contribution in [0.5, 0.6) is 0 Å². The number of nitrogens with zero attached hydrogens (tertiary/aromatic N) is 3. The van der Waals surface area contributed by atoms with E-state index in [0.29, 0.717) is 11.4 Å². The molecular weight excluding hydrogens is 316 g/mol. The van der Waals surface area contributed by atoms with E-state index in [4.69, 9.17) is 4.42 Å². The monoisotopic (exact) mass is 332 g/mol. The predicted molar refractivity (Wildman–Crippen MR) is 94.6 cm³/mol. The second-order valence-corrected chi connectivity index (χ2v) is 5.77. The molecule has 6 nitrogen and oxygen atoms in total. The van der Waals surface area contributed by atoms with Gasteiger partial charge in [0.15, 0.2) is 0 Å². The van der Waals surface area contributed by atoms with Crippen molar-refractivity contribution in [2.24, 2.45) is 0 Å². The van der Waals surface area contributed by atoms with Crippen molar-refractivity contribution < 1.29 is 9.21 Å². The molecule has 0 aliphatic carbocycles. The zero-order chi connectivity index (χ0) is 17.2. The summed E-state index contributed by atoms with van der Waals surface area (Å²) in [6.45, 7) is 1.82. The van der Waals surface area contributed by atoms with Gasteiger partial charge in [0.05, 0.1) is 17.8 Å². The average Bonchev–Trinajstić information content (AvgIpc) is 3.31. The molecule has 0 aliphatic heterocycles. The molecule has 0 saturated heterocycles. The summed E-state index contributed by atoms with van der Waals surface area (Å²) in [4.78, 5) is 20.8. The zero-order valence-electron chi connectivity index (χ0n) is 13.6. The van der Waals surface area contributed by atoms with Gasteiger partial charge in [0.25, 0.3) is 0 Å². The highest BCUT2D eigenvalue weighted by atomic mass is 16.3. The number of carbonyl (C=O) groups is 1. The van der Waals surface area contributed by atoms with Crippen molar-refractivity contribution >= 4 is 22.6 Å². The summed E-state index contributed by atoms with van der Waals surface area (Å²) in [5.41, 5.74) is 1.42. The number of amides is 1. The number of fused-ring (bicyclic) bond motifs is 1. The van der Waals surface area contributed by atoms with Crippen LogP contribution in [0.3, 0.4) is 0 Å². The first-order valence-corrected chi connectivity index (χ1v) is 7.94. The van der Waals surface area contributed by atoms with Crippen LogP contribution in [0.25, 0.3) is 16.8 Å². The first-order chi connectivity index (χ1) is 12.2. The molecule has 124 valence electrons. The minimum absolute atomic E-state index is 0.142. The summed E-state index contributed by atoms with van der Waals surface area (Å²) >= 11 is 0. The average molecular weight is 332 g/mol. The van der Waals surface area contributed by atoms with Crippen LogP contribution in [-0.4, -0.2) is 20.4 Å². The third-order valence-corrected chi connectivity index (χ3v) is 4.05. The minimum atomic E-state index is -0.402. The summed E-state index contributed by atoms with van der Waals surface area (Å²) in [6.07, 6.45) is 6.79. The van der Waals surface area contributed by atoms with Gasteiger partial charge in [-0.15, -0.1) is 0 Å². The Morgan fingerprint density at radius 2 is 2.12 bits per heavy atom. The maximum absolute atomic E-state index is 12.5. The van der Waals surface area contributed by atoms with E-state index in [2.05, 4.69) is 15.3 Å². The number of furan rings is 1. The molecule has 0 fully saturated rings. The molecule has 0 saturated carbocycles. The van der Waals surface area contributed by atoms with Crippen LogP contribution in [0.4, 0.5) is 5.69 Å². The second kappa shape index (κ2) is 6.24. The number of imidazole rings is 1. The van der Waals surface area contributed by atoms with Gasteiger partial charge >= 0.3 is 0 Å². The molecular formula is C19H16N4O2. The van der Waals surface area contributed by atoms with Gasteiger partial charge in [0.1, 0.15) is 23.5 Å². The molecule has 0 bridgehead atoms. The van der Waals surface area contributed by atoms with Gasteiger partial charge in [-0.2, -0.15) is 0 Å². The summed E-state index contributed by atoms with van der Waals surface area (Å²) < 4.78 is 7.56. The van der Waals surface area contributed by atoms with Crippen LogP contribution in [0.1, 0.15) is 18.6 Å². The molecule has 4 rings (SSSR count). The highest BCUT2D eigenvalue weighted by Gasteiger charge is 2.19. The number of nitrogens with one attached hydrogen (secondary N) is 1. The maximum Gasteiger partial charge on any atom is 0.234 e. The Bertz CT molecular complexity index is 971. The Hall–Kier alpha value is -3.41. The number of carbonyl (C=O) groups excluding carboxylic acids is 1. The van der Waals surface area contributed by atoms with Crippen LogP contribution in [0.15, 0.2) is 71.8 Å². The molecule has 0 spiro atoms. The van der Waals surface area contributed by atoms with Crippen molar-refractivity contribution in [2.45, 2.75) is 12.8 Å². The zero-order valence-corrected chi connectivity index (χ0v) is 13.6. The highest BCUT2D eigenvalue weighted by Crippen LogP contribution is 2.26. The fourth-order valence-corrected chi connectivity index (χ4v) is 2.60. The van der Waals surface area contributed by atoms with Crippen molar-refractivity contribution in [3.05, 3.63) is 73.1 Å². The lowest BCUT2D eigenvalue weighted by atomic mass is 10.1. The normalized spacial score (nSPS) is 12.2. The molecule has 0 aliphatic rings. The van der Waals surface area contributed by atoms with Crippen LogP contribution in [-0.2, 0) is 4.79 Å². The van der Waals surface area contributed by atoms with Crippen molar-refractivity contribution in [2.75, 3.05) is 5.32 Å². The lowest BCUT2D eigenvalue weighted by Crippen LogP contribution is -2.18. The minimum Gasteiger partial charge on any atom is -0.460 e. The van der Waals surface area contributed by atoms with Crippen LogP contribution < -0.4 is 5.32 Å². The predicted octanol–water partition coefficient (Wildman–Crippen LogP) is 3.76. The third kappa shape index (κ3) is 3.01. The van der Waals surface area contributed by atoms with E-state index in [9.17, 15) is 4.79 Å². The Morgan fingerprint density at radius 1 is 1.24 bits per heavy atom. The fourth-order valence-electron chi connectivity index (χ4n) is 2.60. The maximum atomic E-state index is 12.5. The number of benzene rings is 1. The van der Waals surface area contributed by atoms with E-state index in [1.54, 1.807) is 23.3 Å². The summed E-state index contributed by atoms with van der Waals surface area (Å²) in [6, 6.07) is 13.2. The Labute approximate surface area is 144 Å². The van der Waals surface area contributed by atoms with E-state index in [0.717, 1.165) is 16.8 Å². The number of para-hydroxylation sites is 1. The van der Waals surface area contributed by atoms with Crippen LogP contribution in [0.2, 0.25) is 0 Å². The second-order valence-electron chi connectivity index (χ2n) is 5.77. The SMILES string of the molecule is C[C@@H](C(=O)Nc1ccc(-n2ccnc2)nc1)c1cc2ccccc2o1. The Balaban J connectivity index is 1.49. The molecule has 3 heterocycles. The van der Waals surface area contributed by atoms with Gasteiger partial charge in [-0.25, -0.2) is 9.97 Å². The smallest absolute Gasteiger partial charge is 0.234 e. The van der Waals surface area contributed by atoms with Crippen LogP contribution >= 0.6 is 0 Å². The lowest BCUT2D eigenvalue weighted by molar-refractivity contribution is -0.117. The molecule has 1 aromatic carbocycles. The number of hydrogen-bond donors (Lipinski definition) is 1. The fraction of sp³-hybridized carbons (Fsp3) is 0.105. The molecule has 3 aromatic heterocycles. The van der Waals surface area contributed by atoms with Crippen molar-refractivity contribution in [3.63, 3.8) is 0 Å². The van der Waals surface area contributed by atoms with Crippen molar-refractivity contribution in [3.8, 4) is 5.82 Å². The standard InChI is InChI=1S/C19H16N4O2/c1-13(17-10-14-4-2-3-5-16(14)25-17)19(24)22-15-6-7-18(21-11-15)23-9-8-20-12-23/h2-13H,1H3,(H,22,24)/t13-/m1/s1. The largest absolute Gasteiger partial charge is 0.460 e. The van der Waals surface area contributed by atoms with E-state index in [-0.39, 0.29) is 5.91 Å². The quantitative estimate of drug-likeness (QED) is 0.617. The molecule has 0 radical (unpaired) electrons. The van der Waals surface area contributed by atoms with Gasteiger partial charge in [-0.1, -0.05) is 18.2 Å². The third-order valence-electron chi connectivity index (χ3n) is 4.05. The molecule has 4 aromatic rings. The highest BCUT2D eigenvalue weighted by molar-refractivity contribution is 5.95. The summed E-state index contributed by atoms with van der Waals surface area (Å²) in [7, 11) is 0. The molecule has 1 amide bonds.